The highest BCUT2D eigenvalue weighted by atomic mass is 35.5. The summed E-state index contributed by atoms with van der Waals surface area (Å²) in [6, 6.07) is 4.95. The number of halogens is 1. The van der Waals surface area contributed by atoms with Crippen molar-refractivity contribution in [1.82, 2.24) is 0 Å². The molecule has 0 saturated heterocycles. The van der Waals surface area contributed by atoms with Crippen LogP contribution in [0.5, 0.6) is 0 Å². The Hall–Kier alpha value is -1.30. The molecule has 0 aliphatic heterocycles. The first kappa shape index (κ1) is 16.8. The summed E-state index contributed by atoms with van der Waals surface area (Å²) in [7, 11) is 0. The third-order valence-corrected chi connectivity index (χ3v) is 2.73. The Morgan fingerprint density at radius 1 is 1.35 bits per heavy atom. The molecule has 5 nitrogen and oxygen atoms in total. The summed E-state index contributed by atoms with van der Waals surface area (Å²) >= 11 is 5.96. The van der Waals surface area contributed by atoms with Crippen molar-refractivity contribution in [3.8, 4) is 0 Å². The van der Waals surface area contributed by atoms with Gasteiger partial charge in [-0.05, 0) is 32.0 Å². The normalized spacial score (nSPS) is 10.8. The molecule has 0 aliphatic rings. The van der Waals surface area contributed by atoms with Gasteiger partial charge in [0.2, 0.25) is 5.91 Å². The van der Waals surface area contributed by atoms with Crippen LogP contribution in [0.4, 0.5) is 11.4 Å². The Kier molecular flexibility index (Phi) is 7.36. The van der Waals surface area contributed by atoms with E-state index >= 15 is 0 Å². The molecule has 3 N–H and O–H groups in total. The van der Waals surface area contributed by atoms with Gasteiger partial charge in [0.15, 0.2) is 0 Å². The van der Waals surface area contributed by atoms with Crippen molar-refractivity contribution < 1.29 is 14.3 Å². The topological polar surface area (TPSA) is 73.6 Å². The number of carbonyl (C=O) groups excluding carboxylic acids is 1. The molecule has 1 amide bonds. The first-order chi connectivity index (χ1) is 9.49. The number of nitrogens with two attached hydrogens (primary N) is 1. The van der Waals surface area contributed by atoms with Crippen molar-refractivity contribution in [3.63, 3.8) is 0 Å². The van der Waals surface area contributed by atoms with E-state index in [-0.39, 0.29) is 18.4 Å². The number of nitrogens with one attached hydrogen (secondary N) is 1. The molecule has 0 aromatic heterocycles. The molecule has 0 bridgehead atoms. The maximum atomic E-state index is 11.7. The Morgan fingerprint density at radius 2 is 2.10 bits per heavy atom. The van der Waals surface area contributed by atoms with E-state index in [0.29, 0.717) is 36.2 Å². The molecule has 112 valence electrons. The van der Waals surface area contributed by atoms with Gasteiger partial charge < -0.3 is 20.5 Å². The molecular formula is C14H21ClN2O3. The largest absolute Gasteiger partial charge is 0.399 e. The third kappa shape index (κ3) is 6.75. The summed E-state index contributed by atoms with van der Waals surface area (Å²) < 4.78 is 10.6. The van der Waals surface area contributed by atoms with Crippen molar-refractivity contribution in [2.24, 2.45) is 0 Å². The van der Waals surface area contributed by atoms with Crippen LogP contribution in [0.2, 0.25) is 5.02 Å². The van der Waals surface area contributed by atoms with Gasteiger partial charge in [-0.15, -0.1) is 0 Å². The van der Waals surface area contributed by atoms with Crippen molar-refractivity contribution in [2.45, 2.75) is 26.4 Å². The molecule has 1 aromatic carbocycles. The van der Waals surface area contributed by atoms with Gasteiger partial charge in [0, 0.05) is 5.69 Å². The van der Waals surface area contributed by atoms with Gasteiger partial charge in [-0.25, -0.2) is 0 Å². The van der Waals surface area contributed by atoms with E-state index in [1.54, 1.807) is 18.2 Å². The van der Waals surface area contributed by atoms with Crippen LogP contribution < -0.4 is 11.1 Å². The number of rotatable bonds is 8. The van der Waals surface area contributed by atoms with Crippen LogP contribution in [0.3, 0.4) is 0 Å². The summed E-state index contributed by atoms with van der Waals surface area (Å²) in [5.41, 5.74) is 6.68. The van der Waals surface area contributed by atoms with E-state index in [1.165, 1.54) is 0 Å². The molecule has 0 aliphatic carbocycles. The lowest BCUT2D eigenvalue weighted by atomic mass is 10.2. The molecule has 20 heavy (non-hydrogen) atoms. The Balaban J connectivity index is 2.20. The number of nitrogen functional groups attached to an aromatic ring is 1. The van der Waals surface area contributed by atoms with Crippen LogP contribution in [-0.4, -0.2) is 31.8 Å². The fourth-order valence-corrected chi connectivity index (χ4v) is 1.69. The smallest absolute Gasteiger partial charge is 0.226 e. The molecule has 0 spiro atoms. The highest BCUT2D eigenvalue weighted by molar-refractivity contribution is 6.34. The van der Waals surface area contributed by atoms with Gasteiger partial charge in [-0.2, -0.15) is 0 Å². The predicted octanol–water partition coefficient (Wildman–Crippen LogP) is 2.69. The number of benzene rings is 1. The zero-order chi connectivity index (χ0) is 15.0. The van der Waals surface area contributed by atoms with Crippen LogP contribution in [0.25, 0.3) is 0 Å². The van der Waals surface area contributed by atoms with Crippen LogP contribution in [0.15, 0.2) is 18.2 Å². The maximum Gasteiger partial charge on any atom is 0.226 e. The van der Waals surface area contributed by atoms with Gasteiger partial charge in [0.25, 0.3) is 0 Å². The average Bonchev–Trinajstić information content (AvgIpc) is 2.36. The monoisotopic (exact) mass is 300 g/mol. The van der Waals surface area contributed by atoms with Crippen molar-refractivity contribution in [3.05, 3.63) is 23.2 Å². The average molecular weight is 301 g/mol. The maximum absolute atomic E-state index is 11.7. The second-order valence-corrected chi connectivity index (χ2v) is 4.98. The third-order valence-electron chi connectivity index (χ3n) is 2.42. The second kappa shape index (κ2) is 8.79. The van der Waals surface area contributed by atoms with Crippen molar-refractivity contribution in [1.29, 1.82) is 0 Å². The van der Waals surface area contributed by atoms with Crippen LogP contribution in [-0.2, 0) is 14.3 Å². The van der Waals surface area contributed by atoms with E-state index in [0.717, 1.165) is 0 Å². The van der Waals surface area contributed by atoms with Crippen LogP contribution in [0, 0.1) is 0 Å². The quantitative estimate of drug-likeness (QED) is 0.572. The first-order valence-electron chi connectivity index (χ1n) is 6.53. The van der Waals surface area contributed by atoms with Crippen molar-refractivity contribution in [2.75, 3.05) is 30.9 Å². The van der Waals surface area contributed by atoms with E-state index in [1.807, 2.05) is 13.8 Å². The predicted molar refractivity (Wildman–Crippen MR) is 81.0 cm³/mol. The molecule has 0 unspecified atom stereocenters. The summed E-state index contributed by atoms with van der Waals surface area (Å²) in [5.74, 6) is -0.151. The van der Waals surface area contributed by atoms with Crippen molar-refractivity contribution >= 4 is 28.9 Å². The van der Waals surface area contributed by atoms with E-state index in [9.17, 15) is 4.79 Å². The van der Waals surface area contributed by atoms with Gasteiger partial charge in [-0.1, -0.05) is 11.6 Å². The minimum atomic E-state index is -0.151. The zero-order valence-electron chi connectivity index (χ0n) is 11.8. The number of carbonyl (C=O) groups is 1. The van der Waals surface area contributed by atoms with Gasteiger partial charge in [0.1, 0.15) is 0 Å². The van der Waals surface area contributed by atoms with Gasteiger partial charge >= 0.3 is 0 Å². The fraction of sp³-hybridized carbons (Fsp3) is 0.500. The summed E-state index contributed by atoms with van der Waals surface area (Å²) in [5, 5.41) is 3.13. The summed E-state index contributed by atoms with van der Waals surface area (Å²) in [6.45, 7) is 5.28. The standard InChI is InChI=1S/C14H21ClN2O3/c1-10(2)20-8-7-19-6-5-14(18)17-13-4-3-11(16)9-12(13)15/h3-4,9-10H,5-8,16H2,1-2H3,(H,17,18). The molecule has 0 atom stereocenters. The van der Waals surface area contributed by atoms with Gasteiger partial charge in [-0.3, -0.25) is 4.79 Å². The Bertz CT molecular complexity index is 438. The number of anilines is 2. The lowest BCUT2D eigenvalue weighted by molar-refractivity contribution is -0.117. The number of ether oxygens (including phenoxy) is 2. The number of hydrogen-bond donors (Lipinski definition) is 2. The minimum Gasteiger partial charge on any atom is -0.399 e. The Morgan fingerprint density at radius 3 is 2.75 bits per heavy atom. The molecule has 0 saturated carbocycles. The van der Waals surface area contributed by atoms with E-state index in [4.69, 9.17) is 26.8 Å². The summed E-state index contributed by atoms with van der Waals surface area (Å²) in [6.07, 6.45) is 0.456. The number of amides is 1. The molecule has 0 fully saturated rings. The lowest BCUT2D eigenvalue weighted by Crippen LogP contribution is -2.16. The lowest BCUT2D eigenvalue weighted by Gasteiger charge is -2.09. The SMILES string of the molecule is CC(C)OCCOCCC(=O)Nc1ccc(N)cc1Cl. The molecule has 6 heteroatoms. The van der Waals surface area contributed by atoms with Crippen LogP contribution in [0.1, 0.15) is 20.3 Å². The highest BCUT2D eigenvalue weighted by Crippen LogP contribution is 2.23. The fourth-order valence-electron chi connectivity index (χ4n) is 1.46. The molecule has 1 aromatic rings. The molecule has 1 rings (SSSR count). The Labute approximate surface area is 124 Å². The second-order valence-electron chi connectivity index (χ2n) is 4.57. The summed E-state index contributed by atoms with van der Waals surface area (Å²) in [4.78, 5) is 11.7. The van der Waals surface area contributed by atoms with Gasteiger partial charge in [0.05, 0.1) is 43.1 Å². The van der Waals surface area contributed by atoms with Crippen LogP contribution >= 0.6 is 11.6 Å². The van der Waals surface area contributed by atoms with E-state index in [2.05, 4.69) is 5.32 Å². The molecule has 0 radical (unpaired) electrons. The zero-order valence-corrected chi connectivity index (χ0v) is 12.6. The molecule has 0 heterocycles. The highest BCUT2D eigenvalue weighted by Gasteiger charge is 2.06. The van der Waals surface area contributed by atoms with E-state index < -0.39 is 0 Å². The first-order valence-corrected chi connectivity index (χ1v) is 6.91. The number of hydrogen-bond acceptors (Lipinski definition) is 4. The molecular weight excluding hydrogens is 280 g/mol. The minimum absolute atomic E-state index is 0.151.